The van der Waals surface area contributed by atoms with Gasteiger partial charge in [0.05, 0.1) is 6.67 Å². The van der Waals surface area contributed by atoms with E-state index in [9.17, 15) is 4.39 Å². The molecule has 0 amide bonds. The van der Waals surface area contributed by atoms with Gasteiger partial charge in [-0.2, -0.15) is 0 Å². The normalized spacial score (nSPS) is 24.3. The lowest BCUT2D eigenvalue weighted by Gasteiger charge is -2.14. The molecule has 1 aliphatic carbocycles. The van der Waals surface area contributed by atoms with E-state index in [4.69, 9.17) is 5.73 Å². The van der Waals surface area contributed by atoms with Crippen molar-refractivity contribution < 1.29 is 4.39 Å². The number of nitrogens with two attached hydrogens (primary N) is 1. The molecule has 0 radical (unpaired) electrons. The van der Waals surface area contributed by atoms with Gasteiger partial charge >= 0.3 is 0 Å². The maximum atomic E-state index is 12.2. The van der Waals surface area contributed by atoms with E-state index >= 15 is 0 Å². The van der Waals surface area contributed by atoms with E-state index in [2.05, 4.69) is 0 Å². The molecule has 10 heavy (non-hydrogen) atoms. The molecule has 0 aromatic heterocycles. The first-order valence-electron chi connectivity index (χ1n) is 4.05. The van der Waals surface area contributed by atoms with Crippen LogP contribution in [0, 0.1) is 5.92 Å². The molecule has 0 aromatic carbocycles. The molecule has 1 aliphatic rings. The molecule has 0 aliphatic heterocycles. The van der Waals surface area contributed by atoms with Gasteiger partial charge in [-0.3, -0.25) is 4.39 Å². The monoisotopic (exact) mass is 145 g/mol. The molecule has 1 atom stereocenters. The number of halogens is 1. The summed E-state index contributed by atoms with van der Waals surface area (Å²) in [4.78, 5) is 0. The molecule has 0 saturated heterocycles. The van der Waals surface area contributed by atoms with Gasteiger partial charge in [0.25, 0.3) is 0 Å². The minimum atomic E-state index is -0.199. The van der Waals surface area contributed by atoms with Crippen molar-refractivity contribution in [2.45, 2.75) is 38.1 Å². The van der Waals surface area contributed by atoms with Gasteiger partial charge in [-0.25, -0.2) is 0 Å². The fourth-order valence-electron chi connectivity index (χ4n) is 1.25. The molecule has 1 rings (SSSR count). The van der Waals surface area contributed by atoms with Crippen molar-refractivity contribution in [3.8, 4) is 0 Å². The Morgan fingerprint density at radius 2 is 2.20 bits per heavy atom. The summed E-state index contributed by atoms with van der Waals surface area (Å²) in [6, 6.07) is 0. The van der Waals surface area contributed by atoms with Crippen LogP contribution in [0.5, 0.6) is 0 Å². The molecule has 0 aromatic rings. The Hall–Kier alpha value is -0.110. The van der Waals surface area contributed by atoms with Gasteiger partial charge in [0.15, 0.2) is 0 Å². The van der Waals surface area contributed by atoms with Crippen LogP contribution in [-0.2, 0) is 0 Å². The summed E-state index contributed by atoms with van der Waals surface area (Å²) in [7, 11) is 0. The molecule has 1 fully saturated rings. The molecule has 2 N–H and O–H groups in total. The Bertz CT molecular complexity index is 106. The van der Waals surface area contributed by atoms with Gasteiger partial charge in [-0.15, -0.1) is 0 Å². The topological polar surface area (TPSA) is 26.0 Å². The van der Waals surface area contributed by atoms with E-state index in [-0.39, 0.29) is 18.1 Å². The standard InChI is InChI=1S/C8H16FN/c1-2-7(6-9)5-8(10)3-4-8/h7H,2-6,10H2,1H3. The fourth-order valence-corrected chi connectivity index (χ4v) is 1.25. The summed E-state index contributed by atoms with van der Waals surface area (Å²) >= 11 is 0. The van der Waals surface area contributed by atoms with Crippen LogP contribution < -0.4 is 5.73 Å². The molecule has 60 valence electrons. The van der Waals surface area contributed by atoms with Crippen molar-refractivity contribution in [3.05, 3.63) is 0 Å². The highest BCUT2D eigenvalue weighted by Crippen LogP contribution is 2.38. The third kappa shape index (κ3) is 1.94. The van der Waals surface area contributed by atoms with Gasteiger partial charge in [-0.1, -0.05) is 13.3 Å². The fraction of sp³-hybridized carbons (Fsp3) is 1.00. The minimum Gasteiger partial charge on any atom is -0.325 e. The second kappa shape index (κ2) is 2.87. The van der Waals surface area contributed by atoms with Crippen molar-refractivity contribution in [1.29, 1.82) is 0 Å². The first kappa shape index (κ1) is 7.99. The lowest BCUT2D eigenvalue weighted by Crippen LogP contribution is -2.25. The van der Waals surface area contributed by atoms with Crippen LogP contribution in [0.15, 0.2) is 0 Å². The Labute approximate surface area is 61.8 Å². The van der Waals surface area contributed by atoms with Crippen LogP contribution in [0.25, 0.3) is 0 Å². The lowest BCUT2D eigenvalue weighted by atomic mass is 9.98. The molecular formula is C8H16FN. The van der Waals surface area contributed by atoms with Gasteiger partial charge in [0.1, 0.15) is 0 Å². The van der Waals surface area contributed by atoms with Crippen LogP contribution in [0.1, 0.15) is 32.6 Å². The smallest absolute Gasteiger partial charge is 0.0923 e. The second-order valence-electron chi connectivity index (χ2n) is 3.50. The van der Waals surface area contributed by atoms with Crippen molar-refractivity contribution in [2.75, 3.05) is 6.67 Å². The van der Waals surface area contributed by atoms with E-state index in [0.717, 1.165) is 25.7 Å². The summed E-state index contributed by atoms with van der Waals surface area (Å²) in [6.07, 6.45) is 4.02. The number of hydrogen-bond donors (Lipinski definition) is 1. The van der Waals surface area contributed by atoms with Gasteiger partial charge < -0.3 is 5.73 Å². The summed E-state index contributed by atoms with van der Waals surface area (Å²) in [5.74, 6) is 0.215. The SMILES string of the molecule is CCC(CF)CC1(N)CC1. The lowest BCUT2D eigenvalue weighted by molar-refractivity contribution is 0.311. The number of hydrogen-bond acceptors (Lipinski definition) is 1. The number of alkyl halides is 1. The highest BCUT2D eigenvalue weighted by atomic mass is 19.1. The zero-order valence-corrected chi connectivity index (χ0v) is 6.57. The van der Waals surface area contributed by atoms with Crippen LogP contribution in [0.2, 0.25) is 0 Å². The van der Waals surface area contributed by atoms with Crippen molar-refractivity contribution >= 4 is 0 Å². The van der Waals surface area contributed by atoms with Crippen LogP contribution in [0.4, 0.5) is 4.39 Å². The molecule has 1 unspecified atom stereocenters. The van der Waals surface area contributed by atoms with Crippen molar-refractivity contribution in [3.63, 3.8) is 0 Å². The summed E-state index contributed by atoms with van der Waals surface area (Å²) in [6.45, 7) is 1.82. The highest BCUT2D eigenvalue weighted by Gasteiger charge is 2.39. The minimum absolute atomic E-state index is 0.0345. The van der Waals surface area contributed by atoms with Crippen molar-refractivity contribution in [1.82, 2.24) is 0 Å². The molecule has 1 saturated carbocycles. The predicted molar refractivity (Wildman–Crippen MR) is 40.5 cm³/mol. The van der Waals surface area contributed by atoms with E-state index < -0.39 is 0 Å². The van der Waals surface area contributed by atoms with Crippen LogP contribution >= 0.6 is 0 Å². The quantitative estimate of drug-likeness (QED) is 0.642. The Morgan fingerprint density at radius 1 is 1.60 bits per heavy atom. The van der Waals surface area contributed by atoms with Gasteiger partial charge in [0, 0.05) is 5.54 Å². The first-order valence-corrected chi connectivity index (χ1v) is 4.05. The van der Waals surface area contributed by atoms with E-state index in [0.29, 0.717) is 0 Å². The third-order valence-corrected chi connectivity index (χ3v) is 2.38. The zero-order valence-electron chi connectivity index (χ0n) is 6.57. The second-order valence-corrected chi connectivity index (χ2v) is 3.50. The van der Waals surface area contributed by atoms with E-state index in [1.54, 1.807) is 0 Å². The molecule has 2 heteroatoms. The zero-order chi connectivity index (χ0) is 7.61. The largest absolute Gasteiger partial charge is 0.325 e. The van der Waals surface area contributed by atoms with Gasteiger partial charge in [-0.05, 0) is 25.2 Å². The van der Waals surface area contributed by atoms with E-state index in [1.165, 1.54) is 0 Å². The van der Waals surface area contributed by atoms with E-state index in [1.807, 2.05) is 6.92 Å². The molecule has 0 heterocycles. The average Bonchev–Trinajstić information content (AvgIpc) is 2.64. The summed E-state index contributed by atoms with van der Waals surface area (Å²) < 4.78 is 12.2. The first-order chi connectivity index (χ1) is 4.70. The Morgan fingerprint density at radius 3 is 2.50 bits per heavy atom. The maximum Gasteiger partial charge on any atom is 0.0923 e. The Balaban J connectivity index is 2.21. The molecular weight excluding hydrogens is 129 g/mol. The van der Waals surface area contributed by atoms with Crippen LogP contribution in [-0.4, -0.2) is 12.2 Å². The third-order valence-electron chi connectivity index (χ3n) is 2.38. The van der Waals surface area contributed by atoms with Gasteiger partial charge in [0.2, 0.25) is 0 Å². The highest BCUT2D eigenvalue weighted by molar-refractivity contribution is 4.99. The average molecular weight is 145 g/mol. The van der Waals surface area contributed by atoms with Crippen LogP contribution in [0.3, 0.4) is 0 Å². The van der Waals surface area contributed by atoms with Crippen molar-refractivity contribution in [2.24, 2.45) is 11.7 Å². The maximum absolute atomic E-state index is 12.2. The number of rotatable bonds is 4. The molecule has 0 bridgehead atoms. The molecule has 0 spiro atoms. The predicted octanol–water partition coefficient (Wildman–Crippen LogP) is 1.86. The Kier molecular flexibility index (Phi) is 2.29. The molecule has 1 nitrogen and oxygen atoms in total. The summed E-state index contributed by atoms with van der Waals surface area (Å²) in [5, 5.41) is 0. The summed E-state index contributed by atoms with van der Waals surface area (Å²) in [5.41, 5.74) is 5.87.